The zero-order chi connectivity index (χ0) is 11.5. The smallest absolute Gasteiger partial charge is 0.210 e. The molecular weight excluding hydrogens is 212 g/mol. The third kappa shape index (κ3) is 4.31. The maximum Gasteiger partial charge on any atom is 0.210 e. The lowest BCUT2D eigenvalue weighted by atomic mass is 10.1. The quantitative estimate of drug-likeness (QED) is 0.807. The van der Waals surface area contributed by atoms with Crippen molar-refractivity contribution >= 4 is 15.7 Å². The van der Waals surface area contributed by atoms with Gasteiger partial charge in [-0.1, -0.05) is 17.7 Å². The molecule has 0 spiro atoms. The van der Waals surface area contributed by atoms with Crippen LogP contribution in [0.3, 0.4) is 0 Å². The second-order valence-electron chi connectivity index (χ2n) is 3.61. The number of nitrogens with two attached hydrogens (primary N) is 1. The first-order valence-corrected chi connectivity index (χ1v) is 6.41. The van der Waals surface area contributed by atoms with E-state index in [9.17, 15) is 8.42 Å². The summed E-state index contributed by atoms with van der Waals surface area (Å²) in [7, 11) is -3.38. The number of nitrogens with one attached hydrogen (secondary N) is 1. The fourth-order valence-electron chi connectivity index (χ4n) is 1.34. The van der Waals surface area contributed by atoms with Crippen molar-refractivity contribution in [1.82, 2.24) is 0 Å². The van der Waals surface area contributed by atoms with Gasteiger partial charge in [0.1, 0.15) is 0 Å². The number of sulfonamides is 1. The lowest BCUT2D eigenvalue weighted by Gasteiger charge is -2.09. The van der Waals surface area contributed by atoms with Crippen LogP contribution in [-0.2, 0) is 10.0 Å². The molecule has 0 aliphatic rings. The Morgan fingerprint density at radius 1 is 1.33 bits per heavy atom. The zero-order valence-electron chi connectivity index (χ0n) is 8.95. The van der Waals surface area contributed by atoms with Crippen molar-refractivity contribution in [3.63, 3.8) is 0 Å². The van der Waals surface area contributed by atoms with Crippen molar-refractivity contribution < 1.29 is 8.42 Å². The zero-order valence-corrected chi connectivity index (χ0v) is 9.76. The first-order valence-electron chi connectivity index (χ1n) is 4.70. The predicted molar refractivity (Wildman–Crippen MR) is 62.4 cm³/mol. The van der Waals surface area contributed by atoms with E-state index in [1.807, 2.05) is 32.0 Å². The van der Waals surface area contributed by atoms with E-state index >= 15 is 0 Å². The summed E-state index contributed by atoms with van der Waals surface area (Å²) in [5, 5.41) is 7.93. The summed E-state index contributed by atoms with van der Waals surface area (Å²) >= 11 is 0. The number of hydrogen-bond donors (Lipinski definition) is 2. The Bertz CT molecular complexity index is 441. The van der Waals surface area contributed by atoms with Gasteiger partial charge >= 0.3 is 0 Å². The highest BCUT2D eigenvalue weighted by Crippen LogP contribution is 2.15. The highest BCUT2D eigenvalue weighted by atomic mass is 32.2. The Morgan fingerprint density at radius 2 is 2.00 bits per heavy atom. The molecule has 0 fully saturated rings. The van der Waals surface area contributed by atoms with E-state index in [0.717, 1.165) is 11.3 Å². The third-order valence-electron chi connectivity index (χ3n) is 2.08. The van der Waals surface area contributed by atoms with Crippen LogP contribution in [0, 0.1) is 13.8 Å². The van der Waals surface area contributed by atoms with Crippen LogP contribution in [0.4, 0.5) is 5.69 Å². The predicted octanol–water partition coefficient (Wildman–Crippen LogP) is 1.00. The molecule has 0 amide bonds. The van der Waals surface area contributed by atoms with Gasteiger partial charge in [-0.25, -0.2) is 13.6 Å². The van der Waals surface area contributed by atoms with Gasteiger partial charge in [-0.05, 0) is 25.5 Å². The molecule has 3 N–H and O–H groups in total. The van der Waals surface area contributed by atoms with Crippen molar-refractivity contribution in [2.24, 2.45) is 5.14 Å². The average molecular weight is 228 g/mol. The molecule has 0 saturated carbocycles. The number of primary sulfonamides is 1. The van der Waals surface area contributed by atoms with Gasteiger partial charge in [0.2, 0.25) is 10.0 Å². The Hall–Kier alpha value is -1.07. The number of anilines is 1. The number of benzene rings is 1. The average Bonchev–Trinajstić information content (AvgIpc) is 2.07. The molecule has 1 aromatic rings. The minimum atomic E-state index is -3.38. The van der Waals surface area contributed by atoms with E-state index in [1.54, 1.807) is 0 Å². The summed E-state index contributed by atoms with van der Waals surface area (Å²) in [6.07, 6.45) is 0. The molecular formula is C10H16N2O2S. The monoisotopic (exact) mass is 228 g/mol. The van der Waals surface area contributed by atoms with Crippen molar-refractivity contribution in [1.29, 1.82) is 0 Å². The van der Waals surface area contributed by atoms with Gasteiger partial charge in [0, 0.05) is 12.2 Å². The number of hydrogen-bond acceptors (Lipinski definition) is 3. The fourth-order valence-corrected chi connectivity index (χ4v) is 1.73. The van der Waals surface area contributed by atoms with Gasteiger partial charge in [0.05, 0.1) is 5.75 Å². The van der Waals surface area contributed by atoms with Crippen LogP contribution >= 0.6 is 0 Å². The highest BCUT2D eigenvalue weighted by molar-refractivity contribution is 7.89. The van der Waals surface area contributed by atoms with Crippen molar-refractivity contribution in [3.8, 4) is 0 Å². The Balaban J connectivity index is 2.59. The van der Waals surface area contributed by atoms with Crippen molar-refractivity contribution in [3.05, 3.63) is 29.3 Å². The van der Waals surface area contributed by atoms with Crippen LogP contribution in [0.5, 0.6) is 0 Å². The summed E-state index contributed by atoms with van der Waals surface area (Å²) in [6, 6.07) is 5.96. The van der Waals surface area contributed by atoms with E-state index in [-0.39, 0.29) is 5.75 Å². The standard InChI is InChI=1S/C10H16N2O2S/c1-8-3-4-10(9(2)7-8)12-5-6-15(11,13)14/h3-4,7,12H,5-6H2,1-2H3,(H2,11,13,14). The normalized spacial score (nSPS) is 11.4. The molecule has 0 aliphatic carbocycles. The van der Waals surface area contributed by atoms with Crippen LogP contribution in [-0.4, -0.2) is 20.7 Å². The number of rotatable bonds is 4. The molecule has 0 radical (unpaired) electrons. The molecule has 0 bridgehead atoms. The molecule has 0 unspecified atom stereocenters. The summed E-state index contributed by atoms with van der Waals surface area (Å²) < 4.78 is 21.4. The van der Waals surface area contributed by atoms with E-state index in [1.165, 1.54) is 5.56 Å². The molecule has 4 nitrogen and oxygen atoms in total. The lowest BCUT2D eigenvalue weighted by molar-refractivity contribution is 0.598. The molecule has 0 aromatic heterocycles. The molecule has 0 atom stereocenters. The van der Waals surface area contributed by atoms with E-state index in [0.29, 0.717) is 6.54 Å². The van der Waals surface area contributed by atoms with Gasteiger partial charge in [0.25, 0.3) is 0 Å². The maximum absolute atomic E-state index is 10.7. The molecule has 5 heteroatoms. The van der Waals surface area contributed by atoms with Gasteiger partial charge in [-0.2, -0.15) is 0 Å². The molecule has 0 aliphatic heterocycles. The molecule has 1 rings (SSSR count). The van der Waals surface area contributed by atoms with E-state index in [4.69, 9.17) is 5.14 Å². The van der Waals surface area contributed by atoms with Crippen molar-refractivity contribution in [2.45, 2.75) is 13.8 Å². The van der Waals surface area contributed by atoms with Gasteiger partial charge in [-0.15, -0.1) is 0 Å². The second-order valence-corrected chi connectivity index (χ2v) is 5.35. The number of aryl methyl sites for hydroxylation is 2. The molecule has 15 heavy (non-hydrogen) atoms. The highest BCUT2D eigenvalue weighted by Gasteiger charge is 2.02. The van der Waals surface area contributed by atoms with Gasteiger partial charge < -0.3 is 5.32 Å². The third-order valence-corrected chi connectivity index (χ3v) is 2.86. The minimum Gasteiger partial charge on any atom is -0.384 e. The minimum absolute atomic E-state index is 0.0552. The molecule has 84 valence electrons. The molecule has 0 saturated heterocycles. The lowest BCUT2D eigenvalue weighted by Crippen LogP contribution is -2.22. The van der Waals surface area contributed by atoms with Gasteiger partial charge in [-0.3, -0.25) is 0 Å². The van der Waals surface area contributed by atoms with E-state index < -0.39 is 10.0 Å². The summed E-state index contributed by atoms with van der Waals surface area (Å²) in [6.45, 7) is 4.33. The Morgan fingerprint density at radius 3 is 2.53 bits per heavy atom. The van der Waals surface area contributed by atoms with Gasteiger partial charge in [0.15, 0.2) is 0 Å². The second kappa shape index (κ2) is 4.63. The van der Waals surface area contributed by atoms with E-state index in [2.05, 4.69) is 5.32 Å². The van der Waals surface area contributed by atoms with Crippen LogP contribution in [0.25, 0.3) is 0 Å². The van der Waals surface area contributed by atoms with Crippen LogP contribution in [0.1, 0.15) is 11.1 Å². The summed E-state index contributed by atoms with van der Waals surface area (Å²) in [5.74, 6) is -0.0552. The van der Waals surface area contributed by atoms with Crippen molar-refractivity contribution in [2.75, 3.05) is 17.6 Å². The van der Waals surface area contributed by atoms with Crippen LogP contribution < -0.4 is 10.5 Å². The Labute approximate surface area is 90.5 Å². The largest absolute Gasteiger partial charge is 0.384 e. The fraction of sp³-hybridized carbons (Fsp3) is 0.400. The maximum atomic E-state index is 10.7. The summed E-state index contributed by atoms with van der Waals surface area (Å²) in [4.78, 5) is 0. The molecule has 0 heterocycles. The summed E-state index contributed by atoms with van der Waals surface area (Å²) in [5.41, 5.74) is 3.23. The first-order chi connectivity index (χ1) is 6.88. The van der Waals surface area contributed by atoms with Crippen LogP contribution in [0.15, 0.2) is 18.2 Å². The topological polar surface area (TPSA) is 72.2 Å². The van der Waals surface area contributed by atoms with Crippen LogP contribution in [0.2, 0.25) is 0 Å². The molecule has 1 aromatic carbocycles. The first kappa shape index (κ1) is 12.0. The Kier molecular flexibility index (Phi) is 3.71. The SMILES string of the molecule is Cc1ccc(NCCS(N)(=O)=O)c(C)c1.